The van der Waals surface area contributed by atoms with Gasteiger partial charge in [-0.15, -0.1) is 16.5 Å². The molecule has 0 aliphatic carbocycles. The van der Waals surface area contributed by atoms with Crippen molar-refractivity contribution in [3.63, 3.8) is 0 Å². The van der Waals surface area contributed by atoms with Crippen LogP contribution in [0.5, 0.6) is 0 Å². The number of nitrogens with two attached hydrogens (primary N) is 1. The number of alkyl carbamates (subject to hydrolysis) is 1. The molecule has 260 valence electrons. The van der Waals surface area contributed by atoms with E-state index in [0.717, 1.165) is 0 Å². The Labute approximate surface area is 274 Å². The Kier molecular flexibility index (Phi) is 14.9. The second kappa shape index (κ2) is 17.9. The second-order valence-electron chi connectivity index (χ2n) is 12.8. The number of hydrogen-bond donors (Lipinski definition) is 4. The van der Waals surface area contributed by atoms with Crippen molar-refractivity contribution in [3.05, 3.63) is 4.91 Å². The van der Waals surface area contributed by atoms with Gasteiger partial charge in [-0.3, -0.25) is 19.2 Å². The lowest BCUT2D eigenvalue weighted by molar-refractivity contribution is -0.142. The van der Waals surface area contributed by atoms with Gasteiger partial charge < -0.3 is 36.2 Å². The molecule has 46 heavy (non-hydrogen) atoms. The number of hydrogen-bond acceptors (Lipinski definition) is 9. The van der Waals surface area contributed by atoms with Gasteiger partial charge in [-0.1, -0.05) is 13.8 Å². The van der Waals surface area contributed by atoms with Gasteiger partial charge >= 0.3 is 12.1 Å². The highest BCUT2D eigenvalue weighted by atomic mass is 35.5. The van der Waals surface area contributed by atoms with Gasteiger partial charge in [0.25, 0.3) is 0 Å². The third-order valence-corrected chi connectivity index (χ3v) is 7.90. The number of primary amides is 1. The Balaban J connectivity index is 2.19. The molecule has 0 spiro atoms. The molecule has 2 saturated heterocycles. The highest BCUT2D eigenvalue weighted by Crippen LogP contribution is 2.23. The molecule has 16 nitrogen and oxygen atoms in total. The molecule has 2 aliphatic heterocycles. The van der Waals surface area contributed by atoms with Crippen molar-refractivity contribution >= 4 is 47.4 Å². The number of nitroso groups, excluding NO2 is 1. The SMILES string of the molecule is CC(C)[C@H](NC(=O)[C@@H]1CCCN1C(=O)[C@H](CCCCNC(=O)OC(C)(C)C)NC(=O)[C@@H]1CCCN1C(=O)N(CCCl)N=O)C(N)=O. The number of unbranched alkanes of at least 4 members (excludes halogenated alkanes) is 1. The fraction of sp³-hybridized carbons (Fsp3) is 0.793. The monoisotopic (exact) mass is 672 g/mol. The maximum absolute atomic E-state index is 13.9. The highest BCUT2D eigenvalue weighted by molar-refractivity contribution is 6.18. The predicted molar refractivity (Wildman–Crippen MR) is 169 cm³/mol. The van der Waals surface area contributed by atoms with E-state index in [1.165, 1.54) is 9.80 Å². The fourth-order valence-corrected chi connectivity index (χ4v) is 5.65. The van der Waals surface area contributed by atoms with Crippen molar-refractivity contribution in [1.82, 2.24) is 30.8 Å². The first-order valence-corrected chi connectivity index (χ1v) is 16.3. The molecule has 0 radical (unpaired) electrons. The molecular formula is C29H49ClN8O8. The molecular weight excluding hydrogens is 624 g/mol. The molecule has 0 aromatic rings. The largest absolute Gasteiger partial charge is 0.444 e. The number of halogens is 1. The van der Waals surface area contributed by atoms with Gasteiger partial charge in [0.2, 0.25) is 23.6 Å². The summed E-state index contributed by atoms with van der Waals surface area (Å²) < 4.78 is 5.24. The Hall–Kier alpha value is -3.69. The fourth-order valence-electron chi connectivity index (χ4n) is 5.49. The van der Waals surface area contributed by atoms with Crippen molar-refractivity contribution in [1.29, 1.82) is 0 Å². The van der Waals surface area contributed by atoms with E-state index < -0.39 is 65.5 Å². The van der Waals surface area contributed by atoms with Crippen LogP contribution in [0.2, 0.25) is 0 Å². The van der Waals surface area contributed by atoms with E-state index in [1.807, 2.05) is 0 Å². The molecule has 7 amide bonds. The van der Waals surface area contributed by atoms with Crippen molar-refractivity contribution in [2.24, 2.45) is 16.9 Å². The lowest BCUT2D eigenvalue weighted by atomic mass is 10.0. The van der Waals surface area contributed by atoms with Crippen LogP contribution >= 0.6 is 11.6 Å². The van der Waals surface area contributed by atoms with Crippen molar-refractivity contribution < 1.29 is 33.5 Å². The molecule has 17 heteroatoms. The lowest BCUT2D eigenvalue weighted by Crippen LogP contribution is -2.58. The minimum Gasteiger partial charge on any atom is -0.444 e. The number of nitrogens with zero attached hydrogens (tertiary/aromatic N) is 4. The summed E-state index contributed by atoms with van der Waals surface area (Å²) in [6.45, 7) is 9.35. The zero-order chi connectivity index (χ0) is 34.6. The smallest absolute Gasteiger partial charge is 0.407 e. The van der Waals surface area contributed by atoms with Gasteiger partial charge in [0.05, 0.1) is 11.8 Å². The summed E-state index contributed by atoms with van der Waals surface area (Å²) in [6, 6.07) is -4.54. The average Bonchev–Trinajstić information content (AvgIpc) is 3.66. The van der Waals surface area contributed by atoms with Gasteiger partial charge in [-0.25, -0.2) is 9.59 Å². The van der Waals surface area contributed by atoms with Crippen LogP contribution in [0.3, 0.4) is 0 Å². The van der Waals surface area contributed by atoms with Crippen molar-refractivity contribution in [2.75, 3.05) is 32.1 Å². The summed E-state index contributed by atoms with van der Waals surface area (Å²) in [5.41, 5.74) is 4.81. The molecule has 0 aromatic heterocycles. The Morgan fingerprint density at radius 2 is 1.57 bits per heavy atom. The van der Waals surface area contributed by atoms with Gasteiger partial charge in [0.1, 0.15) is 29.8 Å². The first-order valence-electron chi connectivity index (χ1n) is 15.8. The highest BCUT2D eigenvalue weighted by Gasteiger charge is 2.41. The van der Waals surface area contributed by atoms with Crippen LogP contribution in [-0.2, 0) is 23.9 Å². The van der Waals surface area contributed by atoms with Gasteiger partial charge in [0.15, 0.2) is 0 Å². The third-order valence-electron chi connectivity index (χ3n) is 7.73. The zero-order valence-corrected chi connectivity index (χ0v) is 28.1. The molecule has 2 rings (SSSR count). The van der Waals surface area contributed by atoms with Crippen molar-refractivity contribution in [2.45, 2.75) is 109 Å². The zero-order valence-electron chi connectivity index (χ0n) is 27.4. The van der Waals surface area contributed by atoms with E-state index in [2.05, 4.69) is 21.2 Å². The van der Waals surface area contributed by atoms with E-state index >= 15 is 0 Å². The van der Waals surface area contributed by atoms with Crippen LogP contribution in [0.1, 0.15) is 79.6 Å². The van der Waals surface area contributed by atoms with Crippen molar-refractivity contribution in [3.8, 4) is 0 Å². The van der Waals surface area contributed by atoms with E-state index in [-0.39, 0.29) is 44.4 Å². The first-order chi connectivity index (χ1) is 21.6. The molecule has 2 fully saturated rings. The first kappa shape index (κ1) is 38.5. The maximum Gasteiger partial charge on any atom is 0.407 e. The number of carbonyl (C=O) groups is 6. The summed E-state index contributed by atoms with van der Waals surface area (Å²) >= 11 is 5.69. The summed E-state index contributed by atoms with van der Waals surface area (Å²) in [7, 11) is 0. The number of likely N-dealkylation sites (tertiary alicyclic amines) is 2. The topological polar surface area (TPSA) is 213 Å². The molecule has 4 atom stereocenters. The summed E-state index contributed by atoms with van der Waals surface area (Å²) in [5, 5.41) is 11.5. The minimum atomic E-state index is -1.06. The molecule has 0 bridgehead atoms. The van der Waals surface area contributed by atoms with Gasteiger partial charge in [0, 0.05) is 25.5 Å². The number of rotatable bonds is 15. The predicted octanol–water partition coefficient (Wildman–Crippen LogP) is 1.59. The van der Waals surface area contributed by atoms with E-state index in [4.69, 9.17) is 22.1 Å². The summed E-state index contributed by atoms with van der Waals surface area (Å²) in [4.78, 5) is 91.4. The normalized spacial score (nSPS) is 19.3. The van der Waals surface area contributed by atoms with Gasteiger partial charge in [-0.2, -0.15) is 5.01 Å². The van der Waals surface area contributed by atoms with Crippen LogP contribution in [0.4, 0.5) is 9.59 Å². The number of amides is 7. The maximum atomic E-state index is 13.9. The number of carbonyl (C=O) groups excluding carboxylic acids is 6. The third kappa shape index (κ3) is 11.3. The molecule has 0 unspecified atom stereocenters. The Morgan fingerprint density at radius 1 is 0.978 bits per heavy atom. The van der Waals surface area contributed by atoms with Gasteiger partial charge in [-0.05, 0) is 71.6 Å². The number of nitrogens with one attached hydrogen (secondary N) is 3. The standard InChI is InChI=1S/C29H49ClN8O8/c1-18(2)22(23(31)39)34-25(41)20-11-8-15-36(20)26(42)19(10-6-7-14-32-27(43)46-29(3,4)5)33-24(40)21-12-9-16-37(21)28(44)38(35-45)17-13-30/h18-22H,6-17H2,1-5H3,(H2,31,39)(H,32,43)(H,33,40)(H,34,41)/t19-,20-,21-,22-/m0/s1. The van der Waals surface area contributed by atoms with E-state index in [0.29, 0.717) is 43.5 Å². The Bertz CT molecular complexity index is 1120. The molecule has 2 aliphatic rings. The second-order valence-corrected chi connectivity index (χ2v) is 13.2. The Morgan fingerprint density at radius 3 is 2.11 bits per heavy atom. The molecule has 0 saturated carbocycles. The van der Waals surface area contributed by atoms with Crippen LogP contribution in [0.25, 0.3) is 0 Å². The molecule has 0 aromatic carbocycles. The molecule has 5 N–H and O–H groups in total. The number of alkyl halides is 1. The van der Waals surface area contributed by atoms with Crippen LogP contribution < -0.4 is 21.7 Å². The lowest BCUT2D eigenvalue weighted by Gasteiger charge is -2.32. The van der Waals surface area contributed by atoms with E-state index in [9.17, 15) is 33.7 Å². The number of urea groups is 1. The number of ether oxygens (including phenoxy) is 1. The van der Waals surface area contributed by atoms with Crippen LogP contribution in [-0.4, -0.2) is 112 Å². The van der Waals surface area contributed by atoms with Crippen LogP contribution in [0, 0.1) is 10.8 Å². The summed E-state index contributed by atoms with van der Waals surface area (Å²) in [5.74, 6) is -2.55. The minimum absolute atomic E-state index is 0.0243. The summed E-state index contributed by atoms with van der Waals surface area (Å²) in [6.07, 6.45) is 2.19. The average molecular weight is 673 g/mol. The van der Waals surface area contributed by atoms with E-state index in [1.54, 1.807) is 34.6 Å². The quantitative estimate of drug-likeness (QED) is 0.0866. The molecule has 2 heterocycles. The van der Waals surface area contributed by atoms with Crippen LogP contribution in [0.15, 0.2) is 5.29 Å².